The van der Waals surface area contributed by atoms with Crippen molar-refractivity contribution in [2.45, 2.75) is 29.1 Å². The molecule has 2 aliphatic rings. The number of pyridine rings is 1. The highest BCUT2D eigenvalue weighted by Crippen LogP contribution is 2.54. The van der Waals surface area contributed by atoms with Crippen LogP contribution in [-0.2, 0) is 25.2 Å². The molecule has 0 bridgehead atoms. The van der Waals surface area contributed by atoms with E-state index in [2.05, 4.69) is 20.9 Å². The number of halogens is 2. The van der Waals surface area contributed by atoms with Gasteiger partial charge in [0.05, 0.1) is 24.9 Å². The highest BCUT2D eigenvalue weighted by molar-refractivity contribution is 9.10. The molecule has 0 aliphatic carbocycles. The van der Waals surface area contributed by atoms with Crippen molar-refractivity contribution in [3.8, 4) is 5.75 Å². The van der Waals surface area contributed by atoms with E-state index in [4.69, 9.17) is 16.3 Å². The minimum Gasteiger partial charge on any atom is -0.496 e. The Morgan fingerprint density at radius 3 is 2.55 bits per heavy atom. The Morgan fingerprint density at radius 2 is 1.90 bits per heavy atom. The van der Waals surface area contributed by atoms with E-state index in [9.17, 15) is 23.1 Å². The van der Waals surface area contributed by atoms with Crippen molar-refractivity contribution in [3.63, 3.8) is 0 Å². The summed E-state index contributed by atoms with van der Waals surface area (Å²) >= 11 is 9.72. The molecule has 1 N–H and O–H groups in total. The maximum Gasteiger partial charge on any atom is 0.288 e. The van der Waals surface area contributed by atoms with Gasteiger partial charge in [0.2, 0.25) is 5.91 Å². The van der Waals surface area contributed by atoms with Crippen LogP contribution in [0.3, 0.4) is 0 Å². The summed E-state index contributed by atoms with van der Waals surface area (Å²) in [6.07, 6.45) is 0.402. The summed E-state index contributed by atoms with van der Waals surface area (Å²) in [5.41, 5.74) is -1.30. The van der Waals surface area contributed by atoms with Crippen molar-refractivity contribution in [2.24, 2.45) is 0 Å². The van der Waals surface area contributed by atoms with Crippen molar-refractivity contribution < 1.29 is 27.9 Å². The third-order valence-electron chi connectivity index (χ3n) is 7.20. The third kappa shape index (κ3) is 4.29. The highest BCUT2D eigenvalue weighted by Gasteiger charge is 2.64. The first-order valence-corrected chi connectivity index (χ1v) is 14.9. The number of rotatable bonds is 6. The van der Waals surface area contributed by atoms with Gasteiger partial charge in [0.15, 0.2) is 10.6 Å². The zero-order chi connectivity index (χ0) is 29.0. The van der Waals surface area contributed by atoms with Crippen LogP contribution in [0.4, 0.5) is 5.69 Å². The number of carbonyl (C=O) groups excluding carboxylic acids is 2. The van der Waals surface area contributed by atoms with Crippen LogP contribution in [-0.4, -0.2) is 80.0 Å². The van der Waals surface area contributed by atoms with Gasteiger partial charge >= 0.3 is 0 Å². The summed E-state index contributed by atoms with van der Waals surface area (Å²) in [6, 6.07) is 13.0. The summed E-state index contributed by atoms with van der Waals surface area (Å²) in [5, 5.41) is 10.7. The minimum absolute atomic E-state index is 0.0398. The normalized spacial score (nSPS) is 22.9. The van der Waals surface area contributed by atoms with E-state index in [0.717, 1.165) is 0 Å². The van der Waals surface area contributed by atoms with Gasteiger partial charge in [-0.1, -0.05) is 29.8 Å². The Morgan fingerprint density at radius 1 is 1.18 bits per heavy atom. The molecule has 0 saturated carbocycles. The first-order chi connectivity index (χ1) is 18.9. The quantitative estimate of drug-likeness (QED) is 0.433. The fourth-order valence-corrected chi connectivity index (χ4v) is 7.33. The Kier molecular flexibility index (Phi) is 7.42. The number of hydrogen-bond donors (Lipinski definition) is 1. The van der Waals surface area contributed by atoms with E-state index >= 15 is 0 Å². The van der Waals surface area contributed by atoms with E-state index in [0.29, 0.717) is 20.1 Å². The number of methoxy groups -OCH3 is 1. The molecule has 0 spiro atoms. The van der Waals surface area contributed by atoms with Crippen molar-refractivity contribution in [1.82, 2.24) is 14.8 Å². The van der Waals surface area contributed by atoms with Gasteiger partial charge in [0.25, 0.3) is 15.9 Å². The monoisotopic (exact) mass is 648 g/mol. The number of amides is 2. The molecule has 3 aromatic rings. The number of β-amino-alcohol motifs (C(OH)–C–C–N with tert-alkyl or cyclic N) is 1. The number of para-hydroxylation sites is 1. The van der Waals surface area contributed by atoms with Gasteiger partial charge in [-0.2, -0.15) is 12.7 Å². The molecule has 2 aromatic carbocycles. The molecule has 1 saturated heterocycles. The SMILES string of the molecule is COc1ccccc1C1(N2C[C@H](O)C[C@H]2C(=O)N(C)C)C(=O)N(S(=O)(=O)c2ccc(Br)cn2)c2ccc(Cl)cc21. The van der Waals surface area contributed by atoms with Gasteiger partial charge in [0.1, 0.15) is 5.75 Å². The molecular formula is C27H26BrClN4O6S. The molecule has 0 radical (unpaired) electrons. The summed E-state index contributed by atoms with van der Waals surface area (Å²) in [4.78, 5) is 35.4. The van der Waals surface area contributed by atoms with Crippen molar-refractivity contribution in [1.29, 1.82) is 0 Å². The Labute approximate surface area is 245 Å². The van der Waals surface area contributed by atoms with Crippen LogP contribution in [0.15, 0.2) is 70.3 Å². The van der Waals surface area contributed by atoms with E-state index in [-0.39, 0.29) is 40.2 Å². The number of sulfonamides is 1. The molecule has 5 rings (SSSR count). The van der Waals surface area contributed by atoms with Gasteiger partial charge in [-0.05, 0) is 58.7 Å². The number of benzene rings is 2. The van der Waals surface area contributed by atoms with Crippen LogP contribution in [0.2, 0.25) is 5.02 Å². The van der Waals surface area contributed by atoms with E-state index < -0.39 is 33.6 Å². The number of carbonyl (C=O) groups is 2. The Bertz CT molecular complexity index is 1600. The van der Waals surface area contributed by atoms with E-state index in [1.54, 1.807) is 43.3 Å². The number of nitrogens with zero attached hydrogens (tertiary/aromatic N) is 4. The number of anilines is 1. The maximum atomic E-state index is 14.9. The van der Waals surface area contributed by atoms with Crippen LogP contribution >= 0.6 is 27.5 Å². The van der Waals surface area contributed by atoms with Crippen LogP contribution in [0.5, 0.6) is 5.75 Å². The van der Waals surface area contributed by atoms with Crippen LogP contribution < -0.4 is 9.04 Å². The molecule has 13 heteroatoms. The summed E-state index contributed by atoms with van der Waals surface area (Å²) < 4.78 is 35.1. The van der Waals surface area contributed by atoms with Gasteiger partial charge in [-0.15, -0.1) is 0 Å². The molecule has 3 heterocycles. The van der Waals surface area contributed by atoms with Crippen LogP contribution in [0.1, 0.15) is 17.5 Å². The summed E-state index contributed by atoms with van der Waals surface area (Å²) in [6.45, 7) is -0.0928. The lowest BCUT2D eigenvalue weighted by Crippen LogP contribution is -2.59. The number of likely N-dealkylation sites (N-methyl/N-ethyl adjacent to an activating group) is 1. The molecule has 10 nitrogen and oxygen atoms in total. The van der Waals surface area contributed by atoms with E-state index in [1.165, 1.54) is 48.5 Å². The largest absolute Gasteiger partial charge is 0.496 e. The lowest BCUT2D eigenvalue weighted by Gasteiger charge is -2.42. The fourth-order valence-electron chi connectivity index (χ4n) is 5.55. The average Bonchev–Trinajstić information content (AvgIpc) is 3.43. The molecule has 2 aliphatic heterocycles. The summed E-state index contributed by atoms with van der Waals surface area (Å²) in [7, 11) is 0.0569. The maximum absolute atomic E-state index is 14.9. The molecule has 2 amide bonds. The van der Waals surface area contributed by atoms with Crippen LogP contribution in [0, 0.1) is 0 Å². The topological polar surface area (TPSA) is 120 Å². The van der Waals surface area contributed by atoms with Gasteiger partial charge in [-0.25, -0.2) is 4.98 Å². The van der Waals surface area contributed by atoms with Gasteiger partial charge in [0, 0.05) is 47.5 Å². The predicted octanol–water partition coefficient (Wildman–Crippen LogP) is 3.01. The van der Waals surface area contributed by atoms with Gasteiger partial charge < -0.3 is 14.7 Å². The number of aromatic nitrogens is 1. The zero-order valence-electron chi connectivity index (χ0n) is 21.8. The molecule has 3 atom stereocenters. The Balaban J connectivity index is 1.86. The molecule has 1 unspecified atom stereocenters. The fraction of sp³-hybridized carbons (Fsp3) is 0.296. The molecule has 210 valence electrons. The number of aliphatic hydroxyl groups is 1. The van der Waals surface area contributed by atoms with Crippen molar-refractivity contribution in [2.75, 3.05) is 32.1 Å². The highest BCUT2D eigenvalue weighted by atomic mass is 79.9. The third-order valence-corrected chi connectivity index (χ3v) is 9.52. The molecular weight excluding hydrogens is 624 g/mol. The van der Waals surface area contributed by atoms with Gasteiger partial charge in [-0.3, -0.25) is 14.5 Å². The molecule has 1 fully saturated rings. The second-order valence-corrected chi connectivity index (χ2v) is 12.8. The lowest BCUT2D eigenvalue weighted by molar-refractivity contribution is -0.138. The first kappa shape index (κ1) is 28.5. The van der Waals surface area contributed by atoms with Crippen molar-refractivity contribution in [3.05, 3.63) is 81.4 Å². The van der Waals surface area contributed by atoms with E-state index in [1.807, 2.05) is 0 Å². The van der Waals surface area contributed by atoms with Crippen LogP contribution in [0.25, 0.3) is 0 Å². The summed E-state index contributed by atoms with van der Waals surface area (Å²) in [5.74, 6) is -0.928. The number of aliphatic hydroxyl groups excluding tert-OH is 1. The predicted molar refractivity (Wildman–Crippen MR) is 152 cm³/mol. The zero-order valence-corrected chi connectivity index (χ0v) is 24.9. The number of ether oxygens (including phenoxy) is 1. The Hall–Kier alpha value is -3.03. The first-order valence-electron chi connectivity index (χ1n) is 12.3. The lowest BCUT2D eigenvalue weighted by atomic mass is 9.80. The number of fused-ring (bicyclic) bond motifs is 1. The standard InChI is InChI=1S/C27H26BrClN4O6S/c1-31(2)25(35)22-13-18(34)15-32(22)27(19-6-4-5-7-23(19)39-3)20-12-17(29)9-10-21(20)33(26(27)36)40(37,38)24-11-8-16(28)14-30-24/h4-12,14,18,22,34H,13,15H2,1-3H3/t18-,22+,27?/m1/s1. The molecule has 40 heavy (non-hydrogen) atoms. The number of likely N-dealkylation sites (tertiary alicyclic amines) is 1. The second-order valence-electron chi connectivity index (χ2n) is 9.75. The minimum atomic E-state index is -4.54. The average molecular weight is 650 g/mol. The second kappa shape index (κ2) is 10.4. The van der Waals surface area contributed by atoms with Crippen molar-refractivity contribution >= 4 is 55.1 Å². The molecule has 1 aromatic heterocycles. The number of hydrogen-bond acceptors (Lipinski definition) is 8. The smallest absolute Gasteiger partial charge is 0.288 e.